The van der Waals surface area contributed by atoms with E-state index in [1.54, 1.807) is 0 Å². The molecule has 0 aromatic heterocycles. The molecule has 2 rings (SSSR count). The first kappa shape index (κ1) is 16.2. The van der Waals surface area contributed by atoms with Gasteiger partial charge in [-0.1, -0.05) is 67.6 Å². The summed E-state index contributed by atoms with van der Waals surface area (Å²) in [7, 11) is 0. The van der Waals surface area contributed by atoms with E-state index in [4.69, 9.17) is 0 Å². The fraction of sp³-hybridized carbons (Fsp3) is 0.316. The lowest BCUT2D eigenvalue weighted by Crippen LogP contribution is -2.44. The first-order valence-electron chi connectivity index (χ1n) is 7.86. The minimum atomic E-state index is -0.199. The van der Waals surface area contributed by atoms with Gasteiger partial charge in [0.05, 0.1) is 12.1 Å². The molecule has 1 atom stereocenters. The van der Waals surface area contributed by atoms with Crippen LogP contribution >= 0.6 is 0 Å². The molecular formula is C19H24N2O. The third-order valence-electron chi connectivity index (χ3n) is 3.65. The van der Waals surface area contributed by atoms with Gasteiger partial charge in [0.2, 0.25) is 5.91 Å². The number of hydrogen-bond donors (Lipinski definition) is 2. The van der Waals surface area contributed by atoms with Crippen LogP contribution in [0.1, 0.15) is 37.4 Å². The van der Waals surface area contributed by atoms with E-state index in [2.05, 4.69) is 17.6 Å². The van der Waals surface area contributed by atoms with Crippen molar-refractivity contribution in [3.05, 3.63) is 71.8 Å². The van der Waals surface area contributed by atoms with E-state index in [-0.39, 0.29) is 18.0 Å². The molecule has 0 radical (unpaired) electrons. The summed E-state index contributed by atoms with van der Waals surface area (Å²) in [6, 6.07) is 19.8. The van der Waals surface area contributed by atoms with Gasteiger partial charge in [0, 0.05) is 0 Å². The Bertz CT molecular complexity index is 529. The Labute approximate surface area is 132 Å². The van der Waals surface area contributed by atoms with Gasteiger partial charge in [0.15, 0.2) is 0 Å². The van der Waals surface area contributed by atoms with Gasteiger partial charge in [-0.25, -0.2) is 0 Å². The summed E-state index contributed by atoms with van der Waals surface area (Å²) in [5.74, 6) is 0.0196. The highest BCUT2D eigenvalue weighted by molar-refractivity contribution is 5.82. The van der Waals surface area contributed by atoms with Crippen molar-refractivity contribution >= 4 is 5.91 Å². The molecule has 2 aromatic carbocycles. The van der Waals surface area contributed by atoms with Crippen molar-refractivity contribution in [1.82, 2.24) is 10.6 Å². The summed E-state index contributed by atoms with van der Waals surface area (Å²) in [6.45, 7) is 4.84. The second-order valence-electron chi connectivity index (χ2n) is 5.44. The zero-order chi connectivity index (χ0) is 15.8. The summed E-state index contributed by atoms with van der Waals surface area (Å²) in [5.41, 5.74) is 2.18. The molecule has 0 heterocycles. The van der Waals surface area contributed by atoms with Gasteiger partial charge in [-0.3, -0.25) is 4.79 Å². The largest absolute Gasteiger partial charge is 0.344 e. The number of amides is 1. The summed E-state index contributed by atoms with van der Waals surface area (Å²) < 4.78 is 0. The van der Waals surface area contributed by atoms with Crippen LogP contribution < -0.4 is 10.6 Å². The van der Waals surface area contributed by atoms with Crippen LogP contribution in [0.15, 0.2) is 60.7 Å². The topological polar surface area (TPSA) is 41.1 Å². The Hall–Kier alpha value is -2.13. The quantitative estimate of drug-likeness (QED) is 0.823. The molecule has 0 saturated carbocycles. The van der Waals surface area contributed by atoms with Crippen LogP contribution in [0, 0.1) is 0 Å². The highest BCUT2D eigenvalue weighted by Gasteiger charge is 2.19. The van der Waals surface area contributed by atoms with E-state index in [1.165, 1.54) is 0 Å². The molecule has 3 nitrogen and oxygen atoms in total. The molecule has 0 aliphatic heterocycles. The van der Waals surface area contributed by atoms with Gasteiger partial charge >= 0.3 is 0 Å². The van der Waals surface area contributed by atoms with Gasteiger partial charge in [0.1, 0.15) is 0 Å². The molecule has 1 amide bonds. The van der Waals surface area contributed by atoms with E-state index in [1.807, 2.05) is 67.6 Å². The minimum absolute atomic E-state index is 0.0196. The number of carbonyl (C=O) groups excluding carboxylic acids is 1. The molecule has 0 bridgehead atoms. The lowest BCUT2D eigenvalue weighted by Gasteiger charge is -2.22. The number of carbonyl (C=O) groups is 1. The highest BCUT2D eigenvalue weighted by Crippen LogP contribution is 2.21. The van der Waals surface area contributed by atoms with Crippen LogP contribution in [0.4, 0.5) is 0 Å². The van der Waals surface area contributed by atoms with Crippen LogP contribution in [0.5, 0.6) is 0 Å². The predicted octanol–water partition coefficient (Wildman–Crippen LogP) is 3.28. The number of hydrogen-bond acceptors (Lipinski definition) is 2. The van der Waals surface area contributed by atoms with Gasteiger partial charge in [-0.05, 0) is 31.0 Å². The molecule has 1 unspecified atom stereocenters. The van der Waals surface area contributed by atoms with Crippen LogP contribution in [-0.4, -0.2) is 18.5 Å². The third-order valence-corrected chi connectivity index (χ3v) is 3.65. The van der Waals surface area contributed by atoms with E-state index in [0.717, 1.165) is 24.1 Å². The smallest absolute Gasteiger partial charge is 0.237 e. The Morgan fingerprint density at radius 1 is 0.955 bits per heavy atom. The second-order valence-corrected chi connectivity index (χ2v) is 5.44. The SMILES string of the molecule is CCCNC(C)C(=O)NC(c1ccccc1)c1ccccc1. The Kier molecular flexibility index (Phi) is 6.16. The Morgan fingerprint density at radius 2 is 1.45 bits per heavy atom. The summed E-state index contributed by atoms with van der Waals surface area (Å²) >= 11 is 0. The van der Waals surface area contributed by atoms with Gasteiger partial charge in [-0.2, -0.15) is 0 Å². The van der Waals surface area contributed by atoms with Crippen molar-refractivity contribution in [2.75, 3.05) is 6.54 Å². The molecule has 116 valence electrons. The number of benzene rings is 2. The van der Waals surface area contributed by atoms with Crippen molar-refractivity contribution in [1.29, 1.82) is 0 Å². The monoisotopic (exact) mass is 296 g/mol. The second kappa shape index (κ2) is 8.35. The first-order valence-corrected chi connectivity index (χ1v) is 7.86. The van der Waals surface area contributed by atoms with Crippen molar-refractivity contribution < 1.29 is 4.79 Å². The van der Waals surface area contributed by atoms with E-state index < -0.39 is 0 Å². The minimum Gasteiger partial charge on any atom is -0.344 e. The van der Waals surface area contributed by atoms with Crippen LogP contribution in [0.3, 0.4) is 0 Å². The summed E-state index contributed by atoms with van der Waals surface area (Å²) in [5, 5.41) is 6.39. The predicted molar refractivity (Wildman–Crippen MR) is 90.6 cm³/mol. The zero-order valence-corrected chi connectivity index (χ0v) is 13.3. The number of rotatable bonds is 7. The summed E-state index contributed by atoms with van der Waals surface area (Å²) in [4.78, 5) is 12.4. The average molecular weight is 296 g/mol. The standard InChI is InChI=1S/C19H24N2O/c1-3-14-20-15(2)19(22)21-18(16-10-6-4-7-11-16)17-12-8-5-9-13-17/h4-13,15,18,20H,3,14H2,1-2H3,(H,21,22). The maximum absolute atomic E-state index is 12.4. The third kappa shape index (κ3) is 4.43. The Morgan fingerprint density at radius 3 is 1.91 bits per heavy atom. The van der Waals surface area contributed by atoms with Gasteiger partial charge in [-0.15, -0.1) is 0 Å². The van der Waals surface area contributed by atoms with E-state index in [0.29, 0.717) is 0 Å². The van der Waals surface area contributed by atoms with E-state index in [9.17, 15) is 4.79 Å². The molecule has 2 aromatic rings. The molecule has 0 fully saturated rings. The van der Waals surface area contributed by atoms with Crippen molar-refractivity contribution in [2.24, 2.45) is 0 Å². The average Bonchev–Trinajstić information content (AvgIpc) is 2.58. The molecule has 22 heavy (non-hydrogen) atoms. The van der Waals surface area contributed by atoms with Crippen molar-refractivity contribution in [3.63, 3.8) is 0 Å². The number of nitrogens with one attached hydrogen (secondary N) is 2. The molecule has 3 heteroatoms. The lowest BCUT2D eigenvalue weighted by atomic mass is 9.98. The Balaban J connectivity index is 2.17. The molecule has 2 N–H and O–H groups in total. The van der Waals surface area contributed by atoms with Crippen LogP contribution in [-0.2, 0) is 4.79 Å². The fourth-order valence-corrected chi connectivity index (χ4v) is 2.37. The molecule has 0 aliphatic carbocycles. The maximum Gasteiger partial charge on any atom is 0.237 e. The zero-order valence-electron chi connectivity index (χ0n) is 13.3. The molecule has 0 saturated heterocycles. The van der Waals surface area contributed by atoms with Gasteiger partial charge < -0.3 is 10.6 Å². The fourth-order valence-electron chi connectivity index (χ4n) is 2.37. The first-order chi connectivity index (χ1) is 10.7. The normalized spacial score (nSPS) is 12.1. The van der Waals surface area contributed by atoms with Crippen molar-refractivity contribution in [2.45, 2.75) is 32.4 Å². The summed E-state index contributed by atoms with van der Waals surface area (Å²) in [6.07, 6.45) is 1.01. The van der Waals surface area contributed by atoms with Crippen LogP contribution in [0.25, 0.3) is 0 Å². The van der Waals surface area contributed by atoms with E-state index >= 15 is 0 Å². The van der Waals surface area contributed by atoms with Gasteiger partial charge in [0.25, 0.3) is 0 Å². The van der Waals surface area contributed by atoms with Crippen molar-refractivity contribution in [3.8, 4) is 0 Å². The highest BCUT2D eigenvalue weighted by atomic mass is 16.2. The molecular weight excluding hydrogens is 272 g/mol. The molecule has 0 spiro atoms. The maximum atomic E-state index is 12.4. The molecule has 0 aliphatic rings. The van der Waals surface area contributed by atoms with Crippen LogP contribution in [0.2, 0.25) is 0 Å². The lowest BCUT2D eigenvalue weighted by molar-refractivity contribution is -0.123.